The predicted octanol–water partition coefficient (Wildman–Crippen LogP) is 4.40. The standard InChI is InChI=1S/C23H18O/c1-4-17-10-12-18(16(3)14-17)23-19-7-5-6-8-21(19)24-22-13-15(2)9-11-20(22)23/h4-14H,1-2H2,3H3. The zero-order valence-electron chi connectivity index (χ0n) is 13.7. The van der Waals surface area contributed by atoms with Gasteiger partial charge in [-0.05, 0) is 41.0 Å². The Morgan fingerprint density at radius 2 is 1.71 bits per heavy atom. The first-order chi connectivity index (χ1) is 11.7. The molecule has 4 rings (SSSR count). The minimum atomic E-state index is 0.864. The minimum Gasteiger partial charge on any atom is -0.456 e. The fourth-order valence-corrected chi connectivity index (χ4v) is 3.27. The molecule has 1 aliphatic rings. The van der Waals surface area contributed by atoms with Crippen LogP contribution in [0.5, 0.6) is 11.5 Å². The Hall–Kier alpha value is -3.06. The molecule has 116 valence electrons. The zero-order valence-corrected chi connectivity index (χ0v) is 13.7. The van der Waals surface area contributed by atoms with Crippen molar-refractivity contribution in [1.82, 2.24) is 0 Å². The summed E-state index contributed by atoms with van der Waals surface area (Å²) in [6, 6.07) is 20.8. The minimum absolute atomic E-state index is 0.864. The third kappa shape index (κ3) is 2.26. The second-order valence-electron chi connectivity index (χ2n) is 6.08. The van der Waals surface area contributed by atoms with Crippen LogP contribution in [-0.2, 0) is 0 Å². The maximum atomic E-state index is 6.12. The van der Waals surface area contributed by atoms with Crippen LogP contribution in [0.2, 0.25) is 0 Å². The molecule has 1 aliphatic heterocycles. The third-order valence-corrected chi connectivity index (χ3v) is 4.45. The van der Waals surface area contributed by atoms with E-state index in [1.165, 1.54) is 16.7 Å². The summed E-state index contributed by atoms with van der Waals surface area (Å²) in [4.78, 5) is 0. The lowest BCUT2D eigenvalue weighted by atomic mass is 9.89. The topological polar surface area (TPSA) is 9.23 Å². The van der Waals surface area contributed by atoms with Crippen molar-refractivity contribution in [3.05, 3.63) is 99.9 Å². The molecule has 0 unspecified atom stereocenters. The first-order valence-electron chi connectivity index (χ1n) is 8.01. The van der Waals surface area contributed by atoms with Crippen molar-refractivity contribution in [2.75, 3.05) is 0 Å². The molecule has 0 amide bonds. The summed E-state index contributed by atoms with van der Waals surface area (Å²) in [5, 5.41) is 2.06. The predicted molar refractivity (Wildman–Crippen MR) is 101 cm³/mol. The molecule has 0 aliphatic carbocycles. The van der Waals surface area contributed by atoms with Crippen LogP contribution in [0.3, 0.4) is 0 Å². The van der Waals surface area contributed by atoms with E-state index < -0.39 is 0 Å². The van der Waals surface area contributed by atoms with Gasteiger partial charge in [-0.15, -0.1) is 0 Å². The Morgan fingerprint density at radius 3 is 2.50 bits per heavy atom. The molecule has 0 aromatic heterocycles. The zero-order chi connectivity index (χ0) is 16.7. The van der Waals surface area contributed by atoms with Crippen molar-refractivity contribution in [3.8, 4) is 11.5 Å². The maximum absolute atomic E-state index is 6.12. The maximum Gasteiger partial charge on any atom is 0.135 e. The molecule has 0 saturated heterocycles. The summed E-state index contributed by atoms with van der Waals surface area (Å²) in [5.41, 5.74) is 5.90. The summed E-state index contributed by atoms with van der Waals surface area (Å²) in [7, 11) is 0. The SMILES string of the molecule is C=Cc1ccc(C2=c3ccc(=C)cc3Oc3ccccc32)c(C)c1. The second kappa shape index (κ2) is 5.54. The van der Waals surface area contributed by atoms with Crippen molar-refractivity contribution >= 4 is 18.2 Å². The largest absolute Gasteiger partial charge is 0.456 e. The molecular formula is C23H18O. The van der Waals surface area contributed by atoms with Gasteiger partial charge in [0, 0.05) is 16.4 Å². The van der Waals surface area contributed by atoms with Crippen molar-refractivity contribution < 1.29 is 4.74 Å². The van der Waals surface area contributed by atoms with Crippen LogP contribution in [0.4, 0.5) is 0 Å². The molecule has 3 aromatic carbocycles. The van der Waals surface area contributed by atoms with Crippen LogP contribution in [0.15, 0.2) is 67.2 Å². The number of aryl methyl sites for hydroxylation is 1. The normalized spacial score (nSPS) is 12.1. The molecule has 0 radical (unpaired) electrons. The molecule has 0 atom stereocenters. The van der Waals surface area contributed by atoms with Gasteiger partial charge in [-0.3, -0.25) is 0 Å². The molecule has 0 spiro atoms. The third-order valence-electron chi connectivity index (χ3n) is 4.45. The van der Waals surface area contributed by atoms with Crippen LogP contribution in [-0.4, -0.2) is 0 Å². The average Bonchev–Trinajstić information content (AvgIpc) is 2.60. The molecule has 1 heteroatoms. The van der Waals surface area contributed by atoms with Crippen LogP contribution >= 0.6 is 0 Å². The molecule has 3 aromatic rings. The van der Waals surface area contributed by atoms with Crippen molar-refractivity contribution in [3.63, 3.8) is 0 Å². The number of benzene rings is 3. The Kier molecular flexibility index (Phi) is 3.35. The van der Waals surface area contributed by atoms with E-state index in [0.717, 1.165) is 33.1 Å². The number of hydrogen-bond acceptors (Lipinski definition) is 1. The Labute approximate surface area is 141 Å². The summed E-state index contributed by atoms with van der Waals surface area (Å²) < 4.78 is 6.12. The molecule has 0 saturated carbocycles. The fourth-order valence-electron chi connectivity index (χ4n) is 3.27. The first-order valence-corrected chi connectivity index (χ1v) is 8.01. The highest BCUT2D eigenvalue weighted by Gasteiger charge is 2.20. The van der Waals surface area contributed by atoms with E-state index in [9.17, 15) is 0 Å². The second-order valence-corrected chi connectivity index (χ2v) is 6.08. The first kappa shape index (κ1) is 14.5. The lowest BCUT2D eigenvalue weighted by molar-refractivity contribution is 0.472. The van der Waals surface area contributed by atoms with E-state index >= 15 is 0 Å². The average molecular weight is 310 g/mol. The monoisotopic (exact) mass is 310 g/mol. The number of ether oxygens (including phenoxy) is 1. The van der Waals surface area contributed by atoms with Gasteiger partial charge >= 0.3 is 0 Å². The molecule has 1 nitrogen and oxygen atoms in total. The number of para-hydroxylation sites is 1. The highest BCUT2D eigenvalue weighted by atomic mass is 16.5. The van der Waals surface area contributed by atoms with Crippen molar-refractivity contribution in [2.24, 2.45) is 0 Å². The summed E-state index contributed by atoms with van der Waals surface area (Å²) in [5.74, 6) is 1.75. The van der Waals surface area contributed by atoms with Gasteiger partial charge in [0.1, 0.15) is 11.5 Å². The number of hydrogen-bond donors (Lipinski definition) is 0. The molecule has 0 bridgehead atoms. The van der Waals surface area contributed by atoms with Gasteiger partial charge in [-0.25, -0.2) is 0 Å². The molecule has 0 fully saturated rings. The lowest BCUT2D eigenvalue weighted by Gasteiger charge is -2.22. The van der Waals surface area contributed by atoms with Crippen molar-refractivity contribution in [2.45, 2.75) is 6.92 Å². The van der Waals surface area contributed by atoms with Gasteiger partial charge in [0.2, 0.25) is 0 Å². The smallest absolute Gasteiger partial charge is 0.135 e. The van der Waals surface area contributed by atoms with Crippen LogP contribution in [0.1, 0.15) is 22.3 Å². The van der Waals surface area contributed by atoms with Crippen molar-refractivity contribution in [1.29, 1.82) is 0 Å². The Balaban J connectivity index is 2.12. The molecular weight excluding hydrogens is 292 g/mol. The fraction of sp³-hybridized carbons (Fsp3) is 0.0435. The van der Waals surface area contributed by atoms with Crippen LogP contribution in [0, 0.1) is 6.92 Å². The summed E-state index contributed by atoms with van der Waals surface area (Å²) in [6.07, 6.45) is 1.88. The van der Waals surface area contributed by atoms with E-state index in [-0.39, 0.29) is 0 Å². The van der Waals surface area contributed by atoms with E-state index in [4.69, 9.17) is 4.74 Å². The number of fused-ring (bicyclic) bond motifs is 2. The Morgan fingerprint density at radius 1 is 0.875 bits per heavy atom. The van der Waals surface area contributed by atoms with Gasteiger partial charge in [-0.1, -0.05) is 67.8 Å². The highest BCUT2D eigenvalue weighted by molar-refractivity contribution is 5.86. The quantitative estimate of drug-likeness (QED) is 0.533. The van der Waals surface area contributed by atoms with E-state index in [2.05, 4.69) is 56.5 Å². The van der Waals surface area contributed by atoms with Gasteiger partial charge in [0.15, 0.2) is 0 Å². The van der Waals surface area contributed by atoms with E-state index in [1.54, 1.807) is 0 Å². The van der Waals surface area contributed by atoms with Gasteiger partial charge in [0.25, 0.3) is 0 Å². The molecule has 0 N–H and O–H groups in total. The van der Waals surface area contributed by atoms with Crippen LogP contribution < -0.4 is 15.2 Å². The highest BCUT2D eigenvalue weighted by Crippen LogP contribution is 2.36. The van der Waals surface area contributed by atoms with E-state index in [0.29, 0.717) is 0 Å². The molecule has 1 heterocycles. The lowest BCUT2D eigenvalue weighted by Crippen LogP contribution is -2.19. The van der Waals surface area contributed by atoms with Crippen LogP contribution in [0.25, 0.3) is 18.2 Å². The van der Waals surface area contributed by atoms with Gasteiger partial charge < -0.3 is 4.74 Å². The Bertz CT molecular complexity index is 1070. The number of rotatable bonds is 2. The van der Waals surface area contributed by atoms with Gasteiger partial charge in [0.05, 0.1) is 0 Å². The summed E-state index contributed by atoms with van der Waals surface area (Å²) in [6.45, 7) is 10.0. The van der Waals surface area contributed by atoms with Gasteiger partial charge in [-0.2, -0.15) is 0 Å². The molecule has 24 heavy (non-hydrogen) atoms. The summed E-state index contributed by atoms with van der Waals surface area (Å²) >= 11 is 0. The van der Waals surface area contributed by atoms with E-state index in [1.807, 2.05) is 30.3 Å².